The first-order valence-electron chi connectivity index (χ1n) is 8.29. The number of amides is 1. The van der Waals surface area contributed by atoms with E-state index in [1.165, 1.54) is 19.2 Å². The molecule has 1 amide bonds. The van der Waals surface area contributed by atoms with Crippen molar-refractivity contribution < 1.29 is 23.1 Å². The van der Waals surface area contributed by atoms with Gasteiger partial charge >= 0.3 is 5.97 Å². The van der Waals surface area contributed by atoms with Gasteiger partial charge in [-0.05, 0) is 44.0 Å². The summed E-state index contributed by atoms with van der Waals surface area (Å²) in [5, 5.41) is 9.04. The molecule has 1 aliphatic carbocycles. The van der Waals surface area contributed by atoms with Crippen LogP contribution in [-0.2, 0) is 26.0 Å². The van der Waals surface area contributed by atoms with Crippen molar-refractivity contribution in [3.8, 4) is 0 Å². The number of carboxylic acids is 1. The van der Waals surface area contributed by atoms with E-state index in [1.54, 1.807) is 24.0 Å². The van der Waals surface area contributed by atoms with Crippen LogP contribution in [-0.4, -0.2) is 49.9 Å². The van der Waals surface area contributed by atoms with E-state index >= 15 is 0 Å². The lowest BCUT2D eigenvalue weighted by Gasteiger charge is -2.24. The van der Waals surface area contributed by atoms with Crippen LogP contribution in [0, 0.1) is 5.92 Å². The summed E-state index contributed by atoms with van der Waals surface area (Å²) in [7, 11) is -2.11. The van der Waals surface area contributed by atoms with Crippen molar-refractivity contribution in [2.24, 2.45) is 5.92 Å². The average Bonchev–Trinajstić information content (AvgIpc) is 3.42. The topological polar surface area (TPSA) is 104 Å². The zero-order valence-electron chi connectivity index (χ0n) is 14.4. The molecule has 0 radical (unpaired) electrons. The molecule has 0 bridgehead atoms. The highest BCUT2D eigenvalue weighted by Crippen LogP contribution is 2.28. The number of hydrogen-bond donors (Lipinski definition) is 2. The van der Waals surface area contributed by atoms with Gasteiger partial charge in [-0.15, -0.1) is 0 Å². The van der Waals surface area contributed by atoms with Gasteiger partial charge in [0.25, 0.3) is 0 Å². The maximum atomic E-state index is 12.5. The summed E-state index contributed by atoms with van der Waals surface area (Å²) in [5.74, 6) is -1.54. The van der Waals surface area contributed by atoms with Crippen LogP contribution in [0.4, 0.5) is 0 Å². The third-order valence-corrected chi connectivity index (χ3v) is 5.76. The second kappa shape index (κ2) is 7.97. The zero-order valence-corrected chi connectivity index (χ0v) is 15.3. The number of aliphatic carboxylic acids is 1. The molecule has 7 nitrogen and oxygen atoms in total. The van der Waals surface area contributed by atoms with Crippen LogP contribution in [0.25, 0.3) is 0 Å². The van der Waals surface area contributed by atoms with Crippen LogP contribution in [0.2, 0.25) is 0 Å². The smallest absolute Gasteiger partial charge is 0.308 e. The predicted octanol–water partition coefficient (Wildman–Crippen LogP) is 1.24. The first kappa shape index (κ1) is 19.4. The first-order chi connectivity index (χ1) is 11.7. The standard InChI is InChI=1S/C17H24N2O5S/c1-12(17(21)22)11-19(14-6-7-14)16(20)10-5-13-3-8-15(9-4-13)25(23,24)18-2/h3-4,8-9,12,14,18H,5-7,10-11H2,1-2H3,(H,21,22). The summed E-state index contributed by atoms with van der Waals surface area (Å²) in [4.78, 5) is 25.3. The van der Waals surface area contributed by atoms with E-state index in [1.807, 2.05) is 0 Å². The molecule has 1 saturated carbocycles. The third-order valence-electron chi connectivity index (χ3n) is 4.33. The number of carboxylic acid groups (broad SMARTS) is 1. The fourth-order valence-electron chi connectivity index (χ4n) is 2.56. The van der Waals surface area contributed by atoms with Crippen molar-refractivity contribution >= 4 is 21.9 Å². The highest BCUT2D eigenvalue weighted by atomic mass is 32.2. The number of carbonyl (C=O) groups excluding carboxylic acids is 1. The monoisotopic (exact) mass is 368 g/mol. The molecule has 1 unspecified atom stereocenters. The van der Waals surface area contributed by atoms with E-state index in [-0.39, 0.29) is 29.8 Å². The molecule has 0 saturated heterocycles. The minimum atomic E-state index is -3.47. The molecule has 1 fully saturated rings. The van der Waals surface area contributed by atoms with Gasteiger partial charge in [-0.25, -0.2) is 13.1 Å². The molecule has 25 heavy (non-hydrogen) atoms. The molecule has 8 heteroatoms. The van der Waals surface area contributed by atoms with Crippen LogP contribution in [0.15, 0.2) is 29.2 Å². The normalized spacial score (nSPS) is 15.6. The molecule has 2 N–H and O–H groups in total. The molecule has 0 spiro atoms. The number of carbonyl (C=O) groups is 2. The van der Waals surface area contributed by atoms with Gasteiger partial charge in [0.05, 0.1) is 10.8 Å². The van der Waals surface area contributed by atoms with Crippen molar-refractivity contribution in [2.45, 2.75) is 43.5 Å². The van der Waals surface area contributed by atoms with Gasteiger partial charge in [0.15, 0.2) is 0 Å². The molecule has 0 aromatic heterocycles. The SMILES string of the molecule is CNS(=O)(=O)c1ccc(CCC(=O)N(CC(C)C(=O)O)C2CC2)cc1. The summed E-state index contributed by atoms with van der Waals surface area (Å²) in [6.07, 6.45) is 2.62. The molecule has 1 aliphatic rings. The minimum absolute atomic E-state index is 0.0532. The summed E-state index contributed by atoms with van der Waals surface area (Å²) < 4.78 is 25.6. The summed E-state index contributed by atoms with van der Waals surface area (Å²) in [6, 6.07) is 6.57. The summed E-state index contributed by atoms with van der Waals surface area (Å²) in [6.45, 7) is 1.84. The lowest BCUT2D eigenvalue weighted by Crippen LogP contribution is -2.38. The van der Waals surface area contributed by atoms with Crippen molar-refractivity contribution in [2.75, 3.05) is 13.6 Å². The zero-order chi connectivity index (χ0) is 18.6. The maximum absolute atomic E-state index is 12.5. The number of aryl methyl sites for hydroxylation is 1. The Labute approximate surface area is 148 Å². The van der Waals surface area contributed by atoms with Crippen molar-refractivity contribution in [1.29, 1.82) is 0 Å². The van der Waals surface area contributed by atoms with Crippen LogP contribution in [0.3, 0.4) is 0 Å². The Morgan fingerprint density at radius 1 is 1.28 bits per heavy atom. The van der Waals surface area contributed by atoms with E-state index in [9.17, 15) is 18.0 Å². The van der Waals surface area contributed by atoms with Gasteiger partial charge in [-0.3, -0.25) is 9.59 Å². The number of benzene rings is 1. The highest BCUT2D eigenvalue weighted by Gasteiger charge is 2.34. The Balaban J connectivity index is 1.95. The average molecular weight is 368 g/mol. The quantitative estimate of drug-likeness (QED) is 0.682. The van der Waals surface area contributed by atoms with Gasteiger partial charge in [-0.1, -0.05) is 19.1 Å². The number of hydrogen-bond acceptors (Lipinski definition) is 4. The first-order valence-corrected chi connectivity index (χ1v) is 9.77. The summed E-state index contributed by atoms with van der Waals surface area (Å²) in [5.41, 5.74) is 0.866. The molecule has 1 atom stereocenters. The van der Waals surface area contributed by atoms with Crippen LogP contribution in [0.5, 0.6) is 0 Å². The fourth-order valence-corrected chi connectivity index (χ4v) is 3.29. The Morgan fingerprint density at radius 2 is 1.88 bits per heavy atom. The largest absolute Gasteiger partial charge is 0.481 e. The molecule has 1 aromatic carbocycles. The second-order valence-electron chi connectivity index (χ2n) is 6.37. The number of rotatable bonds is 9. The molecular weight excluding hydrogens is 344 g/mol. The van der Waals surface area contributed by atoms with Gasteiger partial charge < -0.3 is 10.0 Å². The van der Waals surface area contributed by atoms with Crippen molar-refractivity contribution in [3.63, 3.8) is 0 Å². The van der Waals surface area contributed by atoms with Gasteiger partial charge in [0, 0.05) is 19.0 Å². The van der Waals surface area contributed by atoms with E-state index < -0.39 is 21.9 Å². The molecule has 0 heterocycles. The Kier molecular flexibility index (Phi) is 6.18. The molecule has 1 aromatic rings. The van der Waals surface area contributed by atoms with E-state index in [4.69, 9.17) is 5.11 Å². The second-order valence-corrected chi connectivity index (χ2v) is 8.25. The Hall–Kier alpha value is -1.93. The van der Waals surface area contributed by atoms with Crippen molar-refractivity contribution in [3.05, 3.63) is 29.8 Å². The lowest BCUT2D eigenvalue weighted by molar-refractivity contribution is -0.143. The van der Waals surface area contributed by atoms with Gasteiger partial charge in [0.2, 0.25) is 15.9 Å². The van der Waals surface area contributed by atoms with Crippen LogP contribution in [0.1, 0.15) is 31.7 Å². The molecule has 138 valence electrons. The highest BCUT2D eigenvalue weighted by molar-refractivity contribution is 7.89. The van der Waals surface area contributed by atoms with Crippen molar-refractivity contribution in [1.82, 2.24) is 9.62 Å². The van der Waals surface area contributed by atoms with E-state index in [0.717, 1.165) is 18.4 Å². The fraction of sp³-hybridized carbons (Fsp3) is 0.529. The third kappa shape index (κ3) is 5.27. The maximum Gasteiger partial charge on any atom is 0.308 e. The van der Waals surface area contributed by atoms with E-state index in [0.29, 0.717) is 6.42 Å². The molecule has 0 aliphatic heterocycles. The Morgan fingerprint density at radius 3 is 2.36 bits per heavy atom. The molecule has 2 rings (SSSR count). The van der Waals surface area contributed by atoms with Gasteiger partial charge in [0.1, 0.15) is 0 Å². The number of nitrogens with zero attached hydrogens (tertiary/aromatic N) is 1. The minimum Gasteiger partial charge on any atom is -0.481 e. The predicted molar refractivity (Wildman–Crippen MR) is 92.5 cm³/mol. The van der Waals surface area contributed by atoms with Crippen LogP contribution >= 0.6 is 0 Å². The van der Waals surface area contributed by atoms with E-state index in [2.05, 4.69) is 4.72 Å². The lowest BCUT2D eigenvalue weighted by atomic mass is 10.1. The Bertz CT molecular complexity index is 726. The number of nitrogens with one attached hydrogen (secondary N) is 1. The summed E-state index contributed by atoms with van der Waals surface area (Å²) >= 11 is 0. The number of sulfonamides is 1. The van der Waals surface area contributed by atoms with Crippen LogP contribution < -0.4 is 4.72 Å². The molecular formula is C17H24N2O5S. The van der Waals surface area contributed by atoms with Gasteiger partial charge in [-0.2, -0.15) is 0 Å².